The van der Waals surface area contributed by atoms with Crippen LogP contribution in [0.1, 0.15) is 37.0 Å². The lowest BCUT2D eigenvalue weighted by Crippen LogP contribution is -2.27. The molecule has 0 N–H and O–H groups in total. The van der Waals surface area contributed by atoms with Gasteiger partial charge in [-0.2, -0.15) is 0 Å². The molecule has 0 aromatic carbocycles. The second-order valence-electron chi connectivity index (χ2n) is 7.68. The molecule has 4 rings (SSSR count). The molecule has 2 atom stereocenters. The topological polar surface area (TPSA) is 139 Å². The SMILES string of the molecule is COc1cccc(-c2nnc(CS(=O)(=O)[C@@H](C)[C@H](C)c3ncc(Cl)cn3)n2Cc2cnoc2)n1. The van der Waals surface area contributed by atoms with Crippen molar-refractivity contribution in [1.82, 2.24) is 34.9 Å². The van der Waals surface area contributed by atoms with Gasteiger partial charge in [-0.15, -0.1) is 10.2 Å². The number of methoxy groups -OCH3 is 1. The Morgan fingerprint density at radius 1 is 1.15 bits per heavy atom. The van der Waals surface area contributed by atoms with Crippen molar-refractivity contribution >= 4 is 21.4 Å². The first kappa shape index (κ1) is 23.8. The van der Waals surface area contributed by atoms with Crippen molar-refractivity contribution in [3.63, 3.8) is 0 Å². The van der Waals surface area contributed by atoms with Crippen LogP contribution in [0.2, 0.25) is 5.02 Å². The van der Waals surface area contributed by atoms with Gasteiger partial charge in [-0.3, -0.25) is 0 Å². The maximum absolute atomic E-state index is 13.4. The Morgan fingerprint density at radius 3 is 2.59 bits per heavy atom. The zero-order valence-electron chi connectivity index (χ0n) is 18.7. The van der Waals surface area contributed by atoms with Gasteiger partial charge in [0.05, 0.1) is 30.1 Å². The summed E-state index contributed by atoms with van der Waals surface area (Å²) in [4.78, 5) is 12.7. The number of sulfone groups is 1. The fraction of sp³-hybridized carbons (Fsp3) is 0.333. The molecule has 0 amide bonds. The summed E-state index contributed by atoms with van der Waals surface area (Å²) in [6, 6.07) is 5.22. The molecule has 0 aliphatic rings. The van der Waals surface area contributed by atoms with Crippen LogP contribution in [-0.2, 0) is 22.1 Å². The minimum absolute atomic E-state index is 0.250. The van der Waals surface area contributed by atoms with E-state index in [0.717, 1.165) is 5.56 Å². The van der Waals surface area contributed by atoms with Gasteiger partial charge in [0.25, 0.3) is 0 Å². The van der Waals surface area contributed by atoms with E-state index >= 15 is 0 Å². The zero-order valence-corrected chi connectivity index (χ0v) is 20.2. The zero-order chi connectivity index (χ0) is 24.3. The van der Waals surface area contributed by atoms with Crippen LogP contribution in [0.25, 0.3) is 11.5 Å². The first-order valence-corrected chi connectivity index (χ1v) is 12.4. The van der Waals surface area contributed by atoms with Crippen molar-refractivity contribution in [2.75, 3.05) is 7.11 Å². The monoisotopic (exact) mass is 503 g/mol. The summed E-state index contributed by atoms with van der Waals surface area (Å²) in [6.07, 6.45) is 5.92. The summed E-state index contributed by atoms with van der Waals surface area (Å²) in [5, 5.41) is 11.8. The summed E-state index contributed by atoms with van der Waals surface area (Å²) in [5.74, 6) is 0.651. The van der Waals surface area contributed by atoms with Gasteiger partial charge in [0.15, 0.2) is 15.7 Å². The predicted octanol–water partition coefficient (Wildman–Crippen LogP) is 2.94. The molecule has 11 nitrogen and oxygen atoms in total. The average molecular weight is 504 g/mol. The normalized spacial score (nSPS) is 13.5. The van der Waals surface area contributed by atoms with Crippen molar-refractivity contribution < 1.29 is 17.7 Å². The van der Waals surface area contributed by atoms with Gasteiger partial charge < -0.3 is 13.8 Å². The van der Waals surface area contributed by atoms with E-state index in [-0.39, 0.29) is 18.1 Å². The molecule has 0 radical (unpaired) electrons. The van der Waals surface area contributed by atoms with Crippen molar-refractivity contribution in [2.45, 2.75) is 37.3 Å². The first-order chi connectivity index (χ1) is 16.3. The van der Waals surface area contributed by atoms with E-state index in [0.29, 0.717) is 28.2 Å². The predicted molar refractivity (Wildman–Crippen MR) is 123 cm³/mol. The Hall–Kier alpha value is -3.38. The fourth-order valence-electron chi connectivity index (χ4n) is 3.33. The second kappa shape index (κ2) is 9.85. The van der Waals surface area contributed by atoms with Crippen LogP contribution in [0.15, 0.2) is 47.6 Å². The summed E-state index contributed by atoms with van der Waals surface area (Å²) in [7, 11) is -2.16. The summed E-state index contributed by atoms with van der Waals surface area (Å²) in [6.45, 7) is 3.64. The number of pyridine rings is 1. The van der Waals surface area contributed by atoms with Gasteiger partial charge in [0, 0.05) is 29.9 Å². The molecule has 0 unspecified atom stereocenters. The molecule has 178 valence electrons. The van der Waals surface area contributed by atoms with Gasteiger partial charge in [0.1, 0.15) is 29.4 Å². The van der Waals surface area contributed by atoms with Crippen LogP contribution in [-0.4, -0.2) is 55.7 Å². The van der Waals surface area contributed by atoms with Crippen LogP contribution in [0, 0.1) is 0 Å². The third-order valence-corrected chi connectivity index (χ3v) is 7.86. The molecule has 4 heterocycles. The number of aromatic nitrogens is 7. The van der Waals surface area contributed by atoms with E-state index in [1.807, 2.05) is 0 Å². The van der Waals surface area contributed by atoms with Crippen molar-refractivity contribution in [3.05, 3.63) is 65.3 Å². The van der Waals surface area contributed by atoms with Gasteiger partial charge in [0.2, 0.25) is 5.88 Å². The molecule has 13 heteroatoms. The Kier molecular flexibility index (Phi) is 6.89. The molecule has 4 aromatic heterocycles. The fourth-order valence-corrected chi connectivity index (χ4v) is 5.01. The van der Waals surface area contributed by atoms with E-state index in [9.17, 15) is 8.42 Å². The standard InChI is InChI=1S/C21H22ClN7O4S/c1-13(20-23-8-16(22)9-24-20)14(2)34(30,31)12-18-27-28-21(17-5-4-6-19(26-17)32-3)29(18)10-15-7-25-33-11-15/h4-9,11,13-14H,10,12H2,1-3H3/t13-,14-/m0/s1. The highest BCUT2D eigenvalue weighted by Gasteiger charge is 2.32. The second-order valence-corrected chi connectivity index (χ2v) is 10.5. The number of nitrogens with zero attached hydrogens (tertiary/aromatic N) is 7. The summed E-state index contributed by atoms with van der Waals surface area (Å²) >= 11 is 5.86. The van der Waals surface area contributed by atoms with Crippen LogP contribution in [0.5, 0.6) is 5.88 Å². The third-order valence-electron chi connectivity index (χ3n) is 5.46. The van der Waals surface area contributed by atoms with Crippen LogP contribution in [0.3, 0.4) is 0 Å². The molecular formula is C21H22ClN7O4S. The van der Waals surface area contributed by atoms with Crippen molar-refractivity contribution in [2.24, 2.45) is 0 Å². The number of halogens is 1. The third kappa shape index (κ3) is 5.07. The molecule has 0 aliphatic heterocycles. The molecule has 0 fully saturated rings. The largest absolute Gasteiger partial charge is 0.481 e. The highest BCUT2D eigenvalue weighted by molar-refractivity contribution is 7.91. The maximum atomic E-state index is 13.4. The van der Waals surface area contributed by atoms with Gasteiger partial charge >= 0.3 is 0 Å². The van der Waals surface area contributed by atoms with Gasteiger partial charge in [-0.05, 0) is 13.0 Å². The van der Waals surface area contributed by atoms with Crippen LogP contribution < -0.4 is 4.74 Å². The lowest BCUT2D eigenvalue weighted by Gasteiger charge is -2.19. The summed E-state index contributed by atoms with van der Waals surface area (Å²) in [5.41, 5.74) is 1.21. The number of hydrogen-bond acceptors (Lipinski definition) is 10. The minimum atomic E-state index is -3.67. The smallest absolute Gasteiger partial charge is 0.213 e. The molecular weight excluding hydrogens is 482 g/mol. The highest BCUT2D eigenvalue weighted by atomic mass is 35.5. The van der Waals surface area contributed by atoms with E-state index < -0.39 is 21.0 Å². The van der Waals surface area contributed by atoms with Crippen LogP contribution >= 0.6 is 11.6 Å². The Morgan fingerprint density at radius 2 is 1.91 bits per heavy atom. The minimum Gasteiger partial charge on any atom is -0.481 e. The quantitative estimate of drug-likeness (QED) is 0.335. The summed E-state index contributed by atoms with van der Waals surface area (Å²) < 4.78 is 38.5. The van der Waals surface area contributed by atoms with E-state index in [1.165, 1.54) is 25.8 Å². The highest BCUT2D eigenvalue weighted by Crippen LogP contribution is 2.26. The Balaban J connectivity index is 1.67. The average Bonchev–Trinajstić information content (AvgIpc) is 3.49. The molecule has 4 aromatic rings. The van der Waals surface area contributed by atoms with Crippen molar-refractivity contribution in [3.8, 4) is 17.4 Å². The number of ether oxygens (including phenoxy) is 1. The molecule has 0 aliphatic carbocycles. The van der Waals surface area contributed by atoms with E-state index in [4.69, 9.17) is 20.9 Å². The lowest BCUT2D eigenvalue weighted by atomic mass is 10.1. The van der Waals surface area contributed by atoms with Gasteiger partial charge in [-0.1, -0.05) is 29.7 Å². The molecule has 0 bridgehead atoms. The van der Waals surface area contributed by atoms with Gasteiger partial charge in [-0.25, -0.2) is 23.4 Å². The molecule has 34 heavy (non-hydrogen) atoms. The van der Waals surface area contributed by atoms with Crippen LogP contribution in [0.4, 0.5) is 0 Å². The maximum Gasteiger partial charge on any atom is 0.213 e. The number of hydrogen-bond donors (Lipinski definition) is 0. The first-order valence-electron chi connectivity index (χ1n) is 10.3. The molecule has 0 saturated carbocycles. The lowest BCUT2D eigenvalue weighted by molar-refractivity contribution is 0.398. The molecule has 0 spiro atoms. The van der Waals surface area contributed by atoms with E-state index in [2.05, 4.69) is 30.3 Å². The molecule has 0 saturated heterocycles. The van der Waals surface area contributed by atoms with E-state index in [1.54, 1.807) is 42.8 Å². The Labute approximate surface area is 201 Å². The van der Waals surface area contributed by atoms with Crippen molar-refractivity contribution in [1.29, 1.82) is 0 Å². The number of rotatable bonds is 9. The Bertz CT molecular complexity index is 1360.